The summed E-state index contributed by atoms with van der Waals surface area (Å²) in [5.74, 6) is 2.10. The third-order valence-electron chi connectivity index (χ3n) is 4.41. The topological polar surface area (TPSA) is 46.0 Å². The van der Waals surface area contributed by atoms with Gasteiger partial charge in [-0.2, -0.15) is 11.3 Å². The Bertz CT molecular complexity index is 766. The highest BCUT2D eigenvalue weighted by molar-refractivity contribution is 7.07. The van der Waals surface area contributed by atoms with Crippen molar-refractivity contribution in [3.05, 3.63) is 64.5 Å². The maximum Gasteiger partial charge on any atom is 0.126 e. The van der Waals surface area contributed by atoms with Crippen LogP contribution in [0.1, 0.15) is 17.1 Å². The summed E-state index contributed by atoms with van der Waals surface area (Å²) in [6.45, 7) is 4.93. The average molecular weight is 339 g/mol. The molecule has 0 saturated carbocycles. The fraction of sp³-hybridized carbons (Fsp3) is 0.333. The predicted molar refractivity (Wildman–Crippen MR) is 97.1 cm³/mol. The van der Waals surface area contributed by atoms with Crippen LogP contribution in [0.15, 0.2) is 47.4 Å². The molecule has 0 amide bonds. The summed E-state index contributed by atoms with van der Waals surface area (Å²) < 4.78 is 2.36. The minimum Gasteiger partial charge on any atom is -0.364 e. The number of nitrogens with one attached hydrogen (secondary N) is 1. The zero-order valence-electron chi connectivity index (χ0n) is 13.6. The summed E-state index contributed by atoms with van der Waals surface area (Å²) in [5, 5.41) is 7.78. The van der Waals surface area contributed by atoms with Crippen LogP contribution in [0.25, 0.3) is 0 Å². The number of hydrogen-bond donors (Lipinski definition) is 1. The first-order valence-corrected chi connectivity index (χ1v) is 9.24. The zero-order chi connectivity index (χ0) is 16.2. The monoisotopic (exact) mass is 339 g/mol. The molecule has 4 heterocycles. The highest BCUT2D eigenvalue weighted by atomic mass is 32.1. The van der Waals surface area contributed by atoms with Crippen molar-refractivity contribution in [3.8, 4) is 0 Å². The second-order valence-electron chi connectivity index (χ2n) is 6.04. The van der Waals surface area contributed by atoms with Crippen LogP contribution in [-0.2, 0) is 26.1 Å². The number of imidazole rings is 1. The number of hydrogen-bond acceptors (Lipinski definition) is 5. The van der Waals surface area contributed by atoms with Crippen molar-refractivity contribution in [1.29, 1.82) is 0 Å². The Morgan fingerprint density at radius 3 is 2.96 bits per heavy atom. The van der Waals surface area contributed by atoms with Crippen LogP contribution in [0, 0.1) is 0 Å². The van der Waals surface area contributed by atoms with E-state index < -0.39 is 0 Å². The molecule has 124 valence electrons. The van der Waals surface area contributed by atoms with Crippen LogP contribution in [0.5, 0.6) is 0 Å². The van der Waals surface area contributed by atoms with Crippen LogP contribution in [0.3, 0.4) is 0 Å². The van der Waals surface area contributed by atoms with E-state index in [1.165, 1.54) is 17.1 Å². The highest BCUT2D eigenvalue weighted by Crippen LogP contribution is 2.16. The number of nitrogens with zero attached hydrogens (tertiary/aromatic N) is 4. The number of rotatable bonds is 5. The first-order chi connectivity index (χ1) is 11.9. The van der Waals surface area contributed by atoms with Crippen LogP contribution < -0.4 is 5.32 Å². The number of aromatic nitrogens is 3. The van der Waals surface area contributed by atoms with Crippen molar-refractivity contribution in [2.24, 2.45) is 0 Å². The Balaban J connectivity index is 1.40. The molecule has 5 nitrogen and oxygen atoms in total. The van der Waals surface area contributed by atoms with E-state index in [1.54, 1.807) is 11.3 Å². The van der Waals surface area contributed by atoms with Gasteiger partial charge in [0.05, 0.1) is 18.4 Å². The fourth-order valence-electron chi connectivity index (χ4n) is 3.13. The van der Waals surface area contributed by atoms with E-state index in [2.05, 4.69) is 41.6 Å². The largest absolute Gasteiger partial charge is 0.364 e. The summed E-state index contributed by atoms with van der Waals surface area (Å²) in [6, 6.07) is 8.13. The molecule has 0 radical (unpaired) electrons. The van der Waals surface area contributed by atoms with Gasteiger partial charge in [0, 0.05) is 38.8 Å². The van der Waals surface area contributed by atoms with Gasteiger partial charge in [-0.05, 0) is 34.5 Å². The molecule has 0 unspecified atom stereocenters. The molecule has 3 aromatic rings. The lowest BCUT2D eigenvalue weighted by Gasteiger charge is -2.19. The average Bonchev–Trinajstić information content (AvgIpc) is 3.21. The molecule has 0 aromatic carbocycles. The molecule has 1 aliphatic heterocycles. The van der Waals surface area contributed by atoms with Gasteiger partial charge < -0.3 is 9.88 Å². The van der Waals surface area contributed by atoms with Gasteiger partial charge >= 0.3 is 0 Å². The van der Waals surface area contributed by atoms with Gasteiger partial charge in [-0.1, -0.05) is 6.07 Å². The second-order valence-corrected chi connectivity index (χ2v) is 6.82. The van der Waals surface area contributed by atoms with Gasteiger partial charge in [0.1, 0.15) is 11.6 Å². The molecular weight excluding hydrogens is 318 g/mol. The molecule has 0 bridgehead atoms. The van der Waals surface area contributed by atoms with E-state index in [-0.39, 0.29) is 0 Å². The summed E-state index contributed by atoms with van der Waals surface area (Å²) in [4.78, 5) is 11.5. The minimum atomic E-state index is 0.758. The Labute approximate surface area is 146 Å². The predicted octanol–water partition coefficient (Wildman–Crippen LogP) is 3.01. The van der Waals surface area contributed by atoms with Crippen molar-refractivity contribution >= 4 is 17.2 Å². The van der Waals surface area contributed by atoms with Crippen molar-refractivity contribution < 1.29 is 0 Å². The van der Waals surface area contributed by atoms with Crippen molar-refractivity contribution in [3.63, 3.8) is 0 Å². The van der Waals surface area contributed by atoms with Gasteiger partial charge in [-0.25, -0.2) is 9.97 Å². The van der Waals surface area contributed by atoms with Gasteiger partial charge in [0.15, 0.2) is 0 Å². The van der Waals surface area contributed by atoms with E-state index in [0.29, 0.717) is 0 Å². The van der Waals surface area contributed by atoms with Crippen molar-refractivity contribution in [1.82, 2.24) is 19.4 Å². The number of fused-ring (bicyclic) bond motifs is 1. The molecule has 0 aliphatic carbocycles. The lowest BCUT2D eigenvalue weighted by Crippen LogP contribution is -2.26. The first-order valence-electron chi connectivity index (χ1n) is 8.30. The Morgan fingerprint density at radius 1 is 1.12 bits per heavy atom. The molecule has 1 N–H and O–H groups in total. The smallest absolute Gasteiger partial charge is 0.126 e. The SMILES string of the molecule is c1ccc(NCc2cnc3n2CCN(Cc2ccsc2)CC3)nc1. The standard InChI is InChI=1S/C18H21N5S/c1-2-6-19-17(3-1)20-11-16-12-21-18-4-7-22(8-9-23(16)18)13-15-5-10-24-14-15/h1-3,5-6,10,12,14H,4,7-9,11,13H2,(H,19,20). The van der Waals surface area contributed by atoms with Gasteiger partial charge in [-0.3, -0.25) is 4.90 Å². The summed E-state index contributed by atoms with van der Waals surface area (Å²) >= 11 is 1.77. The highest BCUT2D eigenvalue weighted by Gasteiger charge is 2.17. The molecule has 6 heteroatoms. The van der Waals surface area contributed by atoms with Gasteiger partial charge in [0.25, 0.3) is 0 Å². The molecular formula is C18H21N5S. The summed E-state index contributed by atoms with van der Waals surface area (Å²) in [5.41, 5.74) is 2.64. The Morgan fingerprint density at radius 2 is 2.12 bits per heavy atom. The van der Waals surface area contributed by atoms with E-state index in [0.717, 1.165) is 45.0 Å². The fourth-order valence-corrected chi connectivity index (χ4v) is 3.79. The van der Waals surface area contributed by atoms with Gasteiger partial charge in [0.2, 0.25) is 0 Å². The van der Waals surface area contributed by atoms with E-state index in [4.69, 9.17) is 0 Å². The summed E-state index contributed by atoms with van der Waals surface area (Å²) in [7, 11) is 0. The Hall–Kier alpha value is -2.18. The van der Waals surface area contributed by atoms with Crippen LogP contribution in [0.2, 0.25) is 0 Å². The molecule has 0 fully saturated rings. The molecule has 1 aliphatic rings. The van der Waals surface area contributed by atoms with E-state index >= 15 is 0 Å². The third kappa shape index (κ3) is 3.49. The third-order valence-corrected chi connectivity index (χ3v) is 5.15. The van der Waals surface area contributed by atoms with Crippen LogP contribution in [0.4, 0.5) is 5.82 Å². The van der Waals surface area contributed by atoms with E-state index in [1.807, 2.05) is 30.6 Å². The first kappa shape index (κ1) is 15.4. The quantitative estimate of drug-likeness (QED) is 0.776. The molecule has 4 rings (SSSR count). The zero-order valence-corrected chi connectivity index (χ0v) is 14.4. The Kier molecular flexibility index (Phi) is 4.57. The minimum absolute atomic E-state index is 0.758. The second kappa shape index (κ2) is 7.15. The maximum atomic E-state index is 4.64. The van der Waals surface area contributed by atoms with E-state index in [9.17, 15) is 0 Å². The van der Waals surface area contributed by atoms with Crippen molar-refractivity contribution in [2.75, 3.05) is 18.4 Å². The van der Waals surface area contributed by atoms with Crippen LogP contribution >= 0.6 is 11.3 Å². The lowest BCUT2D eigenvalue weighted by molar-refractivity contribution is 0.271. The maximum absolute atomic E-state index is 4.64. The molecule has 0 atom stereocenters. The summed E-state index contributed by atoms with van der Waals surface area (Å²) in [6.07, 6.45) is 4.81. The van der Waals surface area contributed by atoms with Gasteiger partial charge in [-0.15, -0.1) is 0 Å². The number of anilines is 1. The molecule has 24 heavy (non-hydrogen) atoms. The number of thiophene rings is 1. The normalized spacial score (nSPS) is 15.0. The molecule has 0 spiro atoms. The van der Waals surface area contributed by atoms with Crippen molar-refractivity contribution in [2.45, 2.75) is 26.1 Å². The molecule has 3 aromatic heterocycles. The molecule has 0 saturated heterocycles. The lowest BCUT2D eigenvalue weighted by atomic mass is 10.3. The van der Waals surface area contributed by atoms with Crippen LogP contribution in [-0.4, -0.2) is 32.5 Å². The number of pyridine rings is 1.